The summed E-state index contributed by atoms with van der Waals surface area (Å²) in [5.41, 5.74) is -1.33. The van der Waals surface area contributed by atoms with E-state index in [9.17, 15) is 19.8 Å². The number of nitrogens with zero attached hydrogens (tertiary/aromatic N) is 1. The maximum absolute atomic E-state index is 11.3. The molecule has 0 aliphatic heterocycles. The lowest BCUT2D eigenvalue weighted by Crippen LogP contribution is -2.20. The highest BCUT2D eigenvalue weighted by Crippen LogP contribution is 2.36. The lowest BCUT2D eigenvalue weighted by Gasteiger charge is -2.02. The molecule has 2 rings (SSSR count). The van der Waals surface area contributed by atoms with E-state index in [0.717, 1.165) is 18.5 Å². The highest BCUT2D eigenvalue weighted by molar-refractivity contribution is 5.87. The molecule has 0 amide bonds. The lowest BCUT2D eigenvalue weighted by atomic mass is 10.2. The molecule has 0 saturated carbocycles. The second kappa shape index (κ2) is 4.69. The van der Waals surface area contributed by atoms with Crippen molar-refractivity contribution < 1.29 is 15.3 Å². The average Bonchev–Trinajstić information content (AvgIpc) is 2.37. The standard InChI is InChI=1S/C11H9N3O5/c15-7-2-1-5(8(16)9(7)17)3-12-6-4-13-11(19)14-10(6)18/h1-4,15-17H,(H2,13,14,18,19). The third-order valence-corrected chi connectivity index (χ3v) is 2.30. The van der Waals surface area contributed by atoms with E-state index in [1.165, 1.54) is 6.07 Å². The summed E-state index contributed by atoms with van der Waals surface area (Å²) in [6.45, 7) is 0. The van der Waals surface area contributed by atoms with Crippen molar-refractivity contribution in [3.8, 4) is 17.2 Å². The van der Waals surface area contributed by atoms with Gasteiger partial charge in [0.05, 0.1) is 0 Å². The summed E-state index contributed by atoms with van der Waals surface area (Å²) >= 11 is 0. The normalized spacial score (nSPS) is 10.9. The van der Waals surface area contributed by atoms with Gasteiger partial charge in [0.2, 0.25) is 5.75 Å². The number of aliphatic imine (C=N–C) groups is 1. The fraction of sp³-hybridized carbons (Fsp3) is 0. The third kappa shape index (κ3) is 2.46. The van der Waals surface area contributed by atoms with Gasteiger partial charge in [-0.1, -0.05) is 0 Å². The van der Waals surface area contributed by atoms with Gasteiger partial charge >= 0.3 is 5.69 Å². The van der Waals surface area contributed by atoms with Crippen molar-refractivity contribution in [1.82, 2.24) is 9.97 Å². The van der Waals surface area contributed by atoms with Gasteiger partial charge in [-0.15, -0.1) is 0 Å². The Balaban J connectivity index is 2.41. The number of nitrogens with one attached hydrogen (secondary N) is 2. The molecule has 0 unspecified atom stereocenters. The molecule has 1 heterocycles. The van der Waals surface area contributed by atoms with Crippen LogP contribution in [0.5, 0.6) is 17.2 Å². The number of hydrogen-bond acceptors (Lipinski definition) is 6. The van der Waals surface area contributed by atoms with E-state index in [2.05, 4.69) is 9.98 Å². The molecular weight excluding hydrogens is 254 g/mol. The highest BCUT2D eigenvalue weighted by Gasteiger charge is 2.09. The van der Waals surface area contributed by atoms with Crippen LogP contribution in [0.3, 0.4) is 0 Å². The van der Waals surface area contributed by atoms with Crippen molar-refractivity contribution in [3.63, 3.8) is 0 Å². The van der Waals surface area contributed by atoms with Gasteiger partial charge in [0.1, 0.15) is 5.69 Å². The minimum atomic E-state index is -0.692. The Bertz CT molecular complexity index is 760. The van der Waals surface area contributed by atoms with Gasteiger partial charge in [0.25, 0.3) is 5.56 Å². The first-order chi connectivity index (χ1) is 8.99. The van der Waals surface area contributed by atoms with E-state index in [-0.39, 0.29) is 11.3 Å². The molecule has 0 bridgehead atoms. The number of aromatic amines is 2. The van der Waals surface area contributed by atoms with Crippen LogP contribution in [0.2, 0.25) is 0 Å². The van der Waals surface area contributed by atoms with Gasteiger partial charge in [-0.3, -0.25) is 9.78 Å². The van der Waals surface area contributed by atoms with Crippen LogP contribution < -0.4 is 11.2 Å². The van der Waals surface area contributed by atoms with Gasteiger partial charge in [-0.25, -0.2) is 9.79 Å². The monoisotopic (exact) mass is 263 g/mol. The number of benzene rings is 1. The number of hydrogen-bond donors (Lipinski definition) is 5. The zero-order valence-corrected chi connectivity index (χ0v) is 9.41. The van der Waals surface area contributed by atoms with Gasteiger partial charge < -0.3 is 20.3 Å². The Morgan fingerprint density at radius 2 is 1.84 bits per heavy atom. The van der Waals surface area contributed by atoms with Crippen LogP contribution >= 0.6 is 0 Å². The first-order valence-electron chi connectivity index (χ1n) is 5.09. The van der Waals surface area contributed by atoms with E-state index < -0.39 is 28.5 Å². The molecule has 0 spiro atoms. The summed E-state index contributed by atoms with van der Waals surface area (Å²) in [5, 5.41) is 28.0. The van der Waals surface area contributed by atoms with Crippen LogP contribution in [0.15, 0.2) is 32.9 Å². The number of H-pyrrole nitrogens is 2. The van der Waals surface area contributed by atoms with E-state index in [1.54, 1.807) is 0 Å². The number of phenolic OH excluding ortho intramolecular Hbond substituents is 3. The van der Waals surface area contributed by atoms with Crippen molar-refractivity contribution in [1.29, 1.82) is 0 Å². The second-order valence-corrected chi connectivity index (χ2v) is 3.59. The Morgan fingerprint density at radius 1 is 1.11 bits per heavy atom. The van der Waals surface area contributed by atoms with Gasteiger partial charge in [-0.2, -0.15) is 0 Å². The second-order valence-electron chi connectivity index (χ2n) is 3.59. The molecule has 1 aromatic heterocycles. The Morgan fingerprint density at radius 3 is 2.53 bits per heavy atom. The zero-order valence-electron chi connectivity index (χ0n) is 9.41. The minimum absolute atomic E-state index is 0.0773. The van der Waals surface area contributed by atoms with Crippen LogP contribution in [0, 0.1) is 0 Å². The molecule has 1 aromatic carbocycles. The summed E-state index contributed by atoms with van der Waals surface area (Å²) in [7, 11) is 0. The molecule has 8 heteroatoms. The summed E-state index contributed by atoms with van der Waals surface area (Å²) in [6, 6.07) is 2.46. The molecule has 98 valence electrons. The lowest BCUT2D eigenvalue weighted by molar-refractivity contribution is 0.367. The van der Waals surface area contributed by atoms with Crippen LogP contribution in [-0.4, -0.2) is 31.5 Å². The number of rotatable bonds is 2. The average molecular weight is 263 g/mol. The van der Waals surface area contributed by atoms with E-state index in [4.69, 9.17) is 5.11 Å². The summed E-state index contributed by atoms with van der Waals surface area (Å²) in [6.07, 6.45) is 2.21. The molecule has 0 aliphatic carbocycles. The molecule has 0 saturated heterocycles. The smallest absolute Gasteiger partial charge is 0.325 e. The van der Waals surface area contributed by atoms with Crippen LogP contribution in [0.1, 0.15) is 5.56 Å². The first kappa shape index (κ1) is 12.4. The van der Waals surface area contributed by atoms with Crippen molar-refractivity contribution >= 4 is 11.9 Å². The molecule has 0 atom stereocenters. The molecule has 0 aliphatic rings. The Labute approximate surface area is 105 Å². The van der Waals surface area contributed by atoms with Crippen molar-refractivity contribution in [2.24, 2.45) is 4.99 Å². The van der Waals surface area contributed by atoms with Crippen molar-refractivity contribution in [3.05, 3.63) is 44.7 Å². The van der Waals surface area contributed by atoms with Crippen molar-refractivity contribution in [2.75, 3.05) is 0 Å². The highest BCUT2D eigenvalue weighted by atomic mass is 16.3. The topological polar surface area (TPSA) is 139 Å². The summed E-state index contributed by atoms with van der Waals surface area (Å²) < 4.78 is 0. The van der Waals surface area contributed by atoms with Gasteiger partial charge in [0.15, 0.2) is 11.5 Å². The molecule has 0 fully saturated rings. The zero-order chi connectivity index (χ0) is 14.0. The Hall–Kier alpha value is -3.03. The van der Waals surface area contributed by atoms with Crippen molar-refractivity contribution in [2.45, 2.75) is 0 Å². The van der Waals surface area contributed by atoms with Crippen LogP contribution in [0.25, 0.3) is 0 Å². The maximum Gasteiger partial charge on any atom is 0.325 e. The molecule has 8 nitrogen and oxygen atoms in total. The largest absolute Gasteiger partial charge is 0.504 e. The maximum atomic E-state index is 11.3. The molecule has 2 aromatic rings. The number of aromatic hydroxyl groups is 3. The first-order valence-corrected chi connectivity index (χ1v) is 5.09. The SMILES string of the molecule is O=c1[nH]cc(N=Cc2ccc(O)c(O)c2O)c(=O)[nH]1. The van der Waals surface area contributed by atoms with E-state index >= 15 is 0 Å². The third-order valence-electron chi connectivity index (χ3n) is 2.30. The van der Waals surface area contributed by atoms with E-state index in [0.29, 0.717) is 0 Å². The van der Waals surface area contributed by atoms with Gasteiger partial charge in [0, 0.05) is 18.0 Å². The quantitative estimate of drug-likeness (QED) is 0.381. The van der Waals surface area contributed by atoms with Crippen LogP contribution in [-0.2, 0) is 0 Å². The van der Waals surface area contributed by atoms with Gasteiger partial charge in [-0.05, 0) is 12.1 Å². The predicted octanol–water partition coefficient (Wildman–Crippen LogP) is -0.0694. The Kier molecular flexibility index (Phi) is 3.06. The molecule has 5 N–H and O–H groups in total. The fourth-order valence-corrected chi connectivity index (χ4v) is 1.33. The molecule has 19 heavy (non-hydrogen) atoms. The fourth-order valence-electron chi connectivity index (χ4n) is 1.33. The number of aromatic nitrogens is 2. The molecular formula is C11H9N3O5. The summed E-state index contributed by atoms with van der Waals surface area (Å²) in [5.74, 6) is -1.72. The summed E-state index contributed by atoms with van der Waals surface area (Å²) in [4.78, 5) is 30.1. The minimum Gasteiger partial charge on any atom is -0.504 e. The molecule has 0 radical (unpaired) electrons. The van der Waals surface area contributed by atoms with Crippen LogP contribution in [0.4, 0.5) is 5.69 Å². The van der Waals surface area contributed by atoms with E-state index in [1.807, 2.05) is 4.98 Å². The number of phenols is 3. The predicted molar refractivity (Wildman–Crippen MR) is 66.4 cm³/mol.